The van der Waals surface area contributed by atoms with E-state index < -0.39 is 5.60 Å². The van der Waals surface area contributed by atoms with E-state index in [1.807, 2.05) is 26.8 Å². The number of hydrogen-bond acceptors (Lipinski definition) is 4. The lowest BCUT2D eigenvalue weighted by Crippen LogP contribution is -2.44. The standard InChI is InChI=1S/C20H22N2O3/c1-5-22-9-8-15(11-18(22)23)24-19-13(2)20(3,4)25-17-7-6-14(12-21)10-16(17)19/h6-11,13,19H,5H2,1-4H3. The van der Waals surface area contributed by atoms with Crippen LogP contribution in [0.1, 0.15) is 44.9 Å². The maximum Gasteiger partial charge on any atom is 0.254 e. The van der Waals surface area contributed by atoms with Crippen LogP contribution in [0, 0.1) is 17.2 Å². The minimum atomic E-state index is -0.426. The molecular weight excluding hydrogens is 316 g/mol. The highest BCUT2D eigenvalue weighted by Gasteiger charge is 2.42. The van der Waals surface area contributed by atoms with Crippen LogP contribution in [0.3, 0.4) is 0 Å². The van der Waals surface area contributed by atoms with Crippen molar-refractivity contribution in [1.82, 2.24) is 4.57 Å². The third-order valence-corrected chi connectivity index (χ3v) is 4.94. The average Bonchev–Trinajstić information content (AvgIpc) is 2.58. The van der Waals surface area contributed by atoms with E-state index in [1.54, 1.807) is 29.0 Å². The summed E-state index contributed by atoms with van der Waals surface area (Å²) in [5.41, 5.74) is 0.879. The Kier molecular flexibility index (Phi) is 4.30. The number of pyridine rings is 1. The monoisotopic (exact) mass is 338 g/mol. The smallest absolute Gasteiger partial charge is 0.254 e. The summed E-state index contributed by atoms with van der Waals surface area (Å²) in [5, 5.41) is 9.20. The summed E-state index contributed by atoms with van der Waals surface area (Å²) in [6, 6.07) is 10.8. The zero-order valence-electron chi connectivity index (χ0n) is 14.9. The highest BCUT2D eigenvalue weighted by molar-refractivity contribution is 5.46. The Balaban J connectivity index is 2.03. The number of nitrogens with zero attached hydrogens (tertiary/aromatic N) is 2. The molecule has 0 saturated heterocycles. The van der Waals surface area contributed by atoms with Crippen LogP contribution in [0.15, 0.2) is 41.3 Å². The molecular formula is C20H22N2O3. The van der Waals surface area contributed by atoms with E-state index in [-0.39, 0.29) is 17.6 Å². The molecule has 2 heterocycles. The SMILES string of the molecule is CCn1ccc(OC2c3cc(C#N)ccc3OC(C)(C)C2C)cc1=O. The molecule has 0 bridgehead atoms. The van der Waals surface area contributed by atoms with E-state index in [9.17, 15) is 10.1 Å². The number of aryl methyl sites for hydroxylation is 1. The highest BCUT2D eigenvalue weighted by Crippen LogP contribution is 2.45. The van der Waals surface area contributed by atoms with Gasteiger partial charge >= 0.3 is 0 Å². The molecule has 1 aromatic heterocycles. The molecule has 3 rings (SSSR count). The highest BCUT2D eigenvalue weighted by atomic mass is 16.5. The molecule has 130 valence electrons. The molecule has 2 atom stereocenters. The Morgan fingerprint density at radius 3 is 2.72 bits per heavy atom. The van der Waals surface area contributed by atoms with Gasteiger partial charge in [0.15, 0.2) is 0 Å². The van der Waals surface area contributed by atoms with Crippen molar-refractivity contribution in [2.45, 2.75) is 45.9 Å². The summed E-state index contributed by atoms with van der Waals surface area (Å²) in [5.74, 6) is 1.27. The van der Waals surface area contributed by atoms with Gasteiger partial charge in [0.05, 0.1) is 11.6 Å². The van der Waals surface area contributed by atoms with Gasteiger partial charge in [-0.05, 0) is 45.0 Å². The molecule has 0 radical (unpaired) electrons. The Morgan fingerprint density at radius 1 is 1.32 bits per heavy atom. The molecule has 0 N–H and O–H groups in total. The van der Waals surface area contributed by atoms with Crippen LogP contribution in [0.5, 0.6) is 11.5 Å². The number of ether oxygens (including phenoxy) is 2. The van der Waals surface area contributed by atoms with Gasteiger partial charge in [-0.1, -0.05) is 6.92 Å². The zero-order valence-corrected chi connectivity index (χ0v) is 14.9. The zero-order chi connectivity index (χ0) is 18.2. The second kappa shape index (κ2) is 6.29. The molecule has 1 aliphatic rings. The van der Waals surface area contributed by atoms with Crippen molar-refractivity contribution < 1.29 is 9.47 Å². The van der Waals surface area contributed by atoms with Gasteiger partial charge in [-0.25, -0.2) is 0 Å². The van der Waals surface area contributed by atoms with Crippen molar-refractivity contribution in [3.05, 3.63) is 58.0 Å². The van der Waals surface area contributed by atoms with Crippen LogP contribution in [-0.2, 0) is 6.54 Å². The van der Waals surface area contributed by atoms with Crippen LogP contribution in [0.2, 0.25) is 0 Å². The quantitative estimate of drug-likeness (QED) is 0.856. The molecule has 2 unspecified atom stereocenters. The number of rotatable bonds is 3. The van der Waals surface area contributed by atoms with Gasteiger partial charge < -0.3 is 14.0 Å². The minimum Gasteiger partial charge on any atom is -0.487 e. The van der Waals surface area contributed by atoms with Crippen LogP contribution in [0.25, 0.3) is 0 Å². The maximum atomic E-state index is 12.1. The number of nitriles is 1. The van der Waals surface area contributed by atoms with E-state index >= 15 is 0 Å². The summed E-state index contributed by atoms with van der Waals surface area (Å²) in [6.45, 7) is 8.63. The Labute approximate surface area is 147 Å². The molecule has 25 heavy (non-hydrogen) atoms. The van der Waals surface area contributed by atoms with Gasteiger partial charge in [0, 0.05) is 30.3 Å². The number of fused-ring (bicyclic) bond motifs is 1. The number of benzene rings is 1. The first-order valence-corrected chi connectivity index (χ1v) is 8.46. The van der Waals surface area contributed by atoms with E-state index in [4.69, 9.17) is 9.47 Å². The summed E-state index contributed by atoms with van der Waals surface area (Å²) in [7, 11) is 0. The van der Waals surface area contributed by atoms with Gasteiger partial charge in [-0.2, -0.15) is 5.26 Å². The minimum absolute atomic E-state index is 0.0301. The van der Waals surface area contributed by atoms with E-state index in [1.165, 1.54) is 6.07 Å². The van der Waals surface area contributed by atoms with E-state index in [0.717, 1.165) is 5.56 Å². The van der Waals surface area contributed by atoms with Gasteiger partial charge in [0.1, 0.15) is 23.2 Å². The predicted octanol–water partition coefficient (Wildman–Crippen LogP) is 3.67. The van der Waals surface area contributed by atoms with Gasteiger partial charge in [-0.15, -0.1) is 0 Å². The lowest BCUT2D eigenvalue weighted by atomic mass is 9.81. The maximum absolute atomic E-state index is 12.1. The second-order valence-electron chi connectivity index (χ2n) is 6.88. The molecule has 0 fully saturated rings. The Bertz CT molecular complexity index is 893. The molecule has 1 aliphatic heterocycles. The molecule has 2 aromatic rings. The van der Waals surface area contributed by atoms with Gasteiger partial charge in [0.25, 0.3) is 5.56 Å². The van der Waals surface area contributed by atoms with Crippen molar-refractivity contribution in [1.29, 1.82) is 5.26 Å². The fourth-order valence-electron chi connectivity index (χ4n) is 3.08. The Hall–Kier alpha value is -2.74. The molecule has 0 spiro atoms. The molecule has 1 aromatic carbocycles. The molecule has 5 nitrogen and oxygen atoms in total. The van der Waals surface area contributed by atoms with Crippen LogP contribution in [0.4, 0.5) is 0 Å². The second-order valence-corrected chi connectivity index (χ2v) is 6.88. The summed E-state index contributed by atoms with van der Waals surface area (Å²) >= 11 is 0. The normalized spacial score (nSPS) is 20.9. The number of aromatic nitrogens is 1. The fourth-order valence-corrected chi connectivity index (χ4v) is 3.08. The topological polar surface area (TPSA) is 64.2 Å². The van der Waals surface area contributed by atoms with Crippen molar-refractivity contribution in [3.63, 3.8) is 0 Å². The summed E-state index contributed by atoms with van der Waals surface area (Å²) in [6.07, 6.45) is 1.43. The van der Waals surface area contributed by atoms with Crippen molar-refractivity contribution >= 4 is 0 Å². The van der Waals surface area contributed by atoms with E-state index in [2.05, 4.69) is 13.0 Å². The van der Waals surface area contributed by atoms with Crippen LogP contribution >= 0.6 is 0 Å². The first-order chi connectivity index (χ1) is 11.9. The first-order valence-electron chi connectivity index (χ1n) is 8.46. The third-order valence-electron chi connectivity index (χ3n) is 4.94. The van der Waals surface area contributed by atoms with Crippen LogP contribution < -0.4 is 15.0 Å². The molecule has 0 amide bonds. The fraction of sp³-hybridized carbons (Fsp3) is 0.400. The third kappa shape index (κ3) is 3.12. The van der Waals surface area contributed by atoms with Gasteiger partial charge in [0.2, 0.25) is 0 Å². The van der Waals surface area contributed by atoms with Crippen LogP contribution in [-0.4, -0.2) is 10.2 Å². The Morgan fingerprint density at radius 2 is 2.08 bits per heavy atom. The summed E-state index contributed by atoms with van der Waals surface area (Å²) in [4.78, 5) is 12.1. The first kappa shape index (κ1) is 17.1. The summed E-state index contributed by atoms with van der Waals surface area (Å²) < 4.78 is 13.9. The van der Waals surface area contributed by atoms with Gasteiger partial charge in [-0.3, -0.25) is 4.79 Å². The molecule has 5 heteroatoms. The lowest BCUT2D eigenvalue weighted by Gasteiger charge is -2.43. The van der Waals surface area contributed by atoms with Crippen molar-refractivity contribution in [2.24, 2.45) is 5.92 Å². The van der Waals surface area contributed by atoms with Crippen molar-refractivity contribution in [3.8, 4) is 17.6 Å². The van der Waals surface area contributed by atoms with Crippen molar-refractivity contribution in [2.75, 3.05) is 0 Å². The van der Waals surface area contributed by atoms with E-state index in [0.29, 0.717) is 23.6 Å². The largest absolute Gasteiger partial charge is 0.487 e. The molecule has 0 aliphatic carbocycles. The molecule has 0 saturated carbocycles. The predicted molar refractivity (Wildman–Crippen MR) is 94.8 cm³/mol. The lowest BCUT2D eigenvalue weighted by molar-refractivity contribution is -0.0344. The average molecular weight is 338 g/mol. The number of hydrogen-bond donors (Lipinski definition) is 0.